The van der Waals surface area contributed by atoms with E-state index in [1.165, 1.54) is 11.1 Å². The molecular weight excluding hydrogens is 348 g/mol. The molecule has 3 rings (SSSR count). The second-order valence-corrected chi connectivity index (χ2v) is 8.45. The summed E-state index contributed by atoms with van der Waals surface area (Å²) in [4.78, 5) is 12.0. The summed E-state index contributed by atoms with van der Waals surface area (Å²) in [6.45, 7) is 0. The number of rotatable bonds is 9. The van der Waals surface area contributed by atoms with Gasteiger partial charge in [-0.1, -0.05) is 60.7 Å². The molecule has 1 aliphatic rings. The van der Waals surface area contributed by atoms with Crippen LogP contribution in [-0.2, 0) is 21.0 Å². The molecule has 1 aliphatic heterocycles. The highest BCUT2D eigenvalue weighted by Gasteiger charge is 2.33. The Morgan fingerprint density at radius 2 is 1.48 bits per heavy atom. The fourth-order valence-electron chi connectivity index (χ4n) is 2.91. The predicted octanol–water partition coefficient (Wildman–Crippen LogP) is 5.18. The van der Waals surface area contributed by atoms with Gasteiger partial charge in [-0.3, -0.25) is 4.79 Å². The summed E-state index contributed by atoms with van der Waals surface area (Å²) in [5, 5.41) is 0. The fraction of sp³-hybridized carbons (Fsp3) is 0.381. The van der Waals surface area contributed by atoms with Crippen LogP contribution in [0.3, 0.4) is 0 Å². The van der Waals surface area contributed by atoms with E-state index in [9.17, 15) is 4.79 Å². The zero-order chi connectivity index (χ0) is 17.3. The van der Waals surface area contributed by atoms with Crippen LogP contribution in [0.25, 0.3) is 0 Å². The van der Waals surface area contributed by atoms with Crippen molar-refractivity contribution in [1.29, 1.82) is 0 Å². The Morgan fingerprint density at radius 3 is 2.12 bits per heavy atom. The Balaban J connectivity index is 1.32. The topological polar surface area (TPSA) is 26.3 Å². The Hall–Kier alpha value is -1.39. The lowest BCUT2D eigenvalue weighted by atomic mass is 10.1. The summed E-state index contributed by atoms with van der Waals surface area (Å²) in [5.74, 6) is 3.95. The number of ether oxygens (including phenoxy) is 1. The minimum atomic E-state index is -0.00128. The van der Waals surface area contributed by atoms with E-state index in [-0.39, 0.29) is 18.0 Å². The number of benzene rings is 2. The molecule has 1 saturated heterocycles. The van der Waals surface area contributed by atoms with Gasteiger partial charge in [0.2, 0.25) is 0 Å². The van der Waals surface area contributed by atoms with Crippen LogP contribution in [0.15, 0.2) is 60.7 Å². The van der Waals surface area contributed by atoms with Crippen molar-refractivity contribution in [2.45, 2.75) is 30.5 Å². The van der Waals surface area contributed by atoms with E-state index in [2.05, 4.69) is 48.5 Å². The number of hydrogen-bond acceptors (Lipinski definition) is 4. The molecule has 1 heterocycles. The number of carbonyl (C=O) groups is 1. The molecule has 2 unspecified atom stereocenters. The first kappa shape index (κ1) is 18.4. The lowest BCUT2D eigenvalue weighted by Crippen LogP contribution is -2.10. The van der Waals surface area contributed by atoms with E-state index in [1.54, 1.807) is 0 Å². The van der Waals surface area contributed by atoms with Crippen LogP contribution in [0.1, 0.15) is 24.0 Å². The number of cyclic esters (lactones) is 1. The average Bonchev–Trinajstić information content (AvgIpc) is 3.00. The first-order valence-electron chi connectivity index (χ1n) is 8.75. The molecule has 0 spiro atoms. The van der Waals surface area contributed by atoms with Gasteiger partial charge in [0.1, 0.15) is 6.10 Å². The standard InChI is InChI=1S/C21H24O2S2/c22-21-19(16-25-15-18-9-5-2-6-10-18)13-20(23-21)11-12-24-14-17-7-3-1-4-8-17/h1-10,19-20H,11-16H2. The lowest BCUT2D eigenvalue weighted by molar-refractivity contribution is -0.143. The van der Waals surface area contributed by atoms with Crippen molar-refractivity contribution >= 4 is 29.5 Å². The molecule has 0 aliphatic carbocycles. The highest BCUT2D eigenvalue weighted by Crippen LogP contribution is 2.29. The molecular formula is C21H24O2S2. The quantitative estimate of drug-likeness (QED) is 0.448. The monoisotopic (exact) mass is 372 g/mol. The molecule has 2 aromatic carbocycles. The van der Waals surface area contributed by atoms with Gasteiger partial charge in [0.25, 0.3) is 0 Å². The summed E-state index contributed by atoms with van der Waals surface area (Å²) in [6, 6.07) is 20.9. The number of thioether (sulfide) groups is 2. The summed E-state index contributed by atoms with van der Waals surface area (Å²) >= 11 is 3.74. The molecule has 0 aromatic heterocycles. The van der Waals surface area contributed by atoms with E-state index < -0.39 is 0 Å². The van der Waals surface area contributed by atoms with Gasteiger partial charge < -0.3 is 4.74 Å². The molecule has 1 fully saturated rings. The summed E-state index contributed by atoms with van der Waals surface area (Å²) in [6.07, 6.45) is 1.95. The Kier molecular flexibility index (Phi) is 7.31. The van der Waals surface area contributed by atoms with Crippen LogP contribution in [0.4, 0.5) is 0 Å². The molecule has 0 amide bonds. The van der Waals surface area contributed by atoms with Gasteiger partial charge >= 0.3 is 5.97 Å². The lowest BCUT2D eigenvalue weighted by Gasteiger charge is -2.08. The van der Waals surface area contributed by atoms with Gasteiger partial charge in [0, 0.05) is 17.3 Å². The minimum Gasteiger partial charge on any atom is -0.462 e. The van der Waals surface area contributed by atoms with E-state index in [0.29, 0.717) is 0 Å². The maximum Gasteiger partial charge on any atom is 0.310 e. The van der Waals surface area contributed by atoms with Crippen LogP contribution in [0.2, 0.25) is 0 Å². The maximum absolute atomic E-state index is 12.0. The third kappa shape index (κ3) is 6.12. The molecule has 0 radical (unpaired) electrons. The van der Waals surface area contributed by atoms with Crippen LogP contribution in [0, 0.1) is 5.92 Å². The van der Waals surface area contributed by atoms with Crippen LogP contribution in [0.5, 0.6) is 0 Å². The Morgan fingerprint density at radius 1 is 0.880 bits per heavy atom. The molecule has 0 bridgehead atoms. The second-order valence-electron chi connectivity index (χ2n) is 6.32. The third-order valence-corrected chi connectivity index (χ3v) is 6.53. The van der Waals surface area contributed by atoms with Gasteiger partial charge in [-0.05, 0) is 29.7 Å². The maximum atomic E-state index is 12.0. The molecule has 0 N–H and O–H groups in total. The van der Waals surface area contributed by atoms with Crippen molar-refractivity contribution < 1.29 is 9.53 Å². The van der Waals surface area contributed by atoms with Crippen molar-refractivity contribution in [2.75, 3.05) is 11.5 Å². The van der Waals surface area contributed by atoms with Gasteiger partial charge in [-0.25, -0.2) is 0 Å². The van der Waals surface area contributed by atoms with Crippen molar-refractivity contribution in [2.24, 2.45) is 5.92 Å². The van der Waals surface area contributed by atoms with Crippen LogP contribution < -0.4 is 0 Å². The van der Waals surface area contributed by atoms with E-state index in [0.717, 1.165) is 35.9 Å². The highest BCUT2D eigenvalue weighted by molar-refractivity contribution is 7.98. The van der Waals surface area contributed by atoms with Gasteiger partial charge in [-0.2, -0.15) is 23.5 Å². The predicted molar refractivity (Wildman–Crippen MR) is 108 cm³/mol. The zero-order valence-corrected chi connectivity index (χ0v) is 15.9. The normalized spacial score (nSPS) is 19.8. The molecule has 132 valence electrons. The van der Waals surface area contributed by atoms with Crippen molar-refractivity contribution in [3.63, 3.8) is 0 Å². The minimum absolute atomic E-state index is 0.00128. The second kappa shape index (κ2) is 9.93. The van der Waals surface area contributed by atoms with Crippen LogP contribution >= 0.6 is 23.5 Å². The molecule has 2 nitrogen and oxygen atoms in total. The molecule has 2 aromatic rings. The number of hydrogen-bond donors (Lipinski definition) is 0. The van der Waals surface area contributed by atoms with Crippen molar-refractivity contribution in [3.05, 3.63) is 71.8 Å². The summed E-state index contributed by atoms with van der Waals surface area (Å²) in [7, 11) is 0. The Bertz CT molecular complexity index is 645. The summed E-state index contributed by atoms with van der Waals surface area (Å²) in [5.41, 5.74) is 2.67. The van der Waals surface area contributed by atoms with Gasteiger partial charge in [-0.15, -0.1) is 0 Å². The summed E-state index contributed by atoms with van der Waals surface area (Å²) < 4.78 is 5.56. The fourth-order valence-corrected chi connectivity index (χ4v) is 5.01. The van der Waals surface area contributed by atoms with Gasteiger partial charge in [0.05, 0.1) is 5.92 Å². The molecule has 4 heteroatoms. The van der Waals surface area contributed by atoms with E-state index in [4.69, 9.17) is 4.74 Å². The zero-order valence-electron chi connectivity index (χ0n) is 14.3. The van der Waals surface area contributed by atoms with Crippen molar-refractivity contribution in [3.8, 4) is 0 Å². The SMILES string of the molecule is O=C1OC(CCSCc2ccccc2)CC1CSCc1ccccc1. The first-order valence-corrected chi connectivity index (χ1v) is 11.1. The molecule has 25 heavy (non-hydrogen) atoms. The van der Waals surface area contributed by atoms with E-state index >= 15 is 0 Å². The van der Waals surface area contributed by atoms with E-state index in [1.807, 2.05) is 35.7 Å². The molecule has 0 saturated carbocycles. The van der Waals surface area contributed by atoms with Crippen molar-refractivity contribution in [1.82, 2.24) is 0 Å². The van der Waals surface area contributed by atoms with Gasteiger partial charge in [0.15, 0.2) is 0 Å². The molecule has 2 atom stereocenters. The average molecular weight is 373 g/mol. The highest BCUT2D eigenvalue weighted by atomic mass is 32.2. The number of esters is 1. The largest absolute Gasteiger partial charge is 0.462 e. The first-order chi connectivity index (χ1) is 12.3. The third-order valence-electron chi connectivity index (χ3n) is 4.29. The Labute approximate surface area is 158 Å². The number of carbonyl (C=O) groups excluding carboxylic acids is 1. The van der Waals surface area contributed by atoms with Crippen LogP contribution in [-0.4, -0.2) is 23.6 Å². The smallest absolute Gasteiger partial charge is 0.310 e.